The Balaban J connectivity index is 1.79. The van der Waals surface area contributed by atoms with Crippen LogP contribution in [0.2, 0.25) is 0 Å². The molecule has 1 aliphatic rings. The van der Waals surface area contributed by atoms with Crippen molar-refractivity contribution in [3.8, 4) is 17.2 Å². The predicted molar refractivity (Wildman–Crippen MR) is 142 cm³/mol. The Bertz CT molecular complexity index is 1460. The molecule has 1 amide bonds. The number of carbonyl (C=O) groups excluding carboxylic acids is 2. The number of esters is 1. The van der Waals surface area contributed by atoms with E-state index in [1.165, 1.54) is 21.3 Å². The van der Waals surface area contributed by atoms with Gasteiger partial charge in [-0.15, -0.1) is 0 Å². The monoisotopic (exact) mass is 515 g/mol. The largest absolute Gasteiger partial charge is 0.493 e. The standard InChI is InChI=1S/C29H29N3O6/c1-5-38-28(34)24-25(19-15-22(35-2)26(37-4)23(16-19)36-3)32-21-14-10-9-13-20(21)30-29(32)31(27(24)33)17-18-11-7-6-8-12-18/h6-16,24-25H,5,17H2,1-4H3/t24-,25-/m1/s1. The lowest BCUT2D eigenvalue weighted by Crippen LogP contribution is -2.49. The summed E-state index contributed by atoms with van der Waals surface area (Å²) in [6.07, 6.45) is 0. The van der Waals surface area contributed by atoms with Crippen LogP contribution in [0.25, 0.3) is 11.0 Å². The van der Waals surface area contributed by atoms with Crippen molar-refractivity contribution in [1.82, 2.24) is 9.55 Å². The van der Waals surface area contributed by atoms with Crippen LogP contribution in [-0.2, 0) is 20.9 Å². The Hall–Kier alpha value is -4.53. The van der Waals surface area contributed by atoms with Gasteiger partial charge in [0.05, 0.1) is 51.6 Å². The number of imidazole rings is 1. The average Bonchev–Trinajstić information content (AvgIpc) is 3.33. The molecule has 2 heterocycles. The first-order chi connectivity index (χ1) is 18.5. The van der Waals surface area contributed by atoms with Gasteiger partial charge in [0.15, 0.2) is 17.4 Å². The van der Waals surface area contributed by atoms with Crippen LogP contribution < -0.4 is 19.1 Å². The molecule has 196 valence electrons. The van der Waals surface area contributed by atoms with Crippen molar-refractivity contribution in [2.45, 2.75) is 19.5 Å². The smallest absolute Gasteiger partial charge is 0.321 e. The van der Waals surface area contributed by atoms with Gasteiger partial charge in [0.1, 0.15) is 0 Å². The summed E-state index contributed by atoms with van der Waals surface area (Å²) in [4.78, 5) is 34.1. The van der Waals surface area contributed by atoms with Crippen molar-refractivity contribution in [1.29, 1.82) is 0 Å². The van der Waals surface area contributed by atoms with E-state index in [0.29, 0.717) is 34.3 Å². The molecule has 0 bridgehead atoms. The van der Waals surface area contributed by atoms with Gasteiger partial charge in [0, 0.05) is 0 Å². The number of aromatic nitrogens is 2. The van der Waals surface area contributed by atoms with Crippen LogP contribution in [0.1, 0.15) is 24.1 Å². The number of benzene rings is 3. The Morgan fingerprint density at radius 2 is 1.58 bits per heavy atom. The minimum absolute atomic E-state index is 0.140. The number of hydrogen-bond donors (Lipinski definition) is 0. The van der Waals surface area contributed by atoms with Crippen molar-refractivity contribution in [3.05, 3.63) is 77.9 Å². The van der Waals surface area contributed by atoms with Gasteiger partial charge in [-0.05, 0) is 42.3 Å². The maximum Gasteiger partial charge on any atom is 0.321 e. The fourth-order valence-electron chi connectivity index (χ4n) is 5.04. The van der Waals surface area contributed by atoms with Crippen molar-refractivity contribution in [2.75, 3.05) is 32.8 Å². The third-order valence-electron chi connectivity index (χ3n) is 6.70. The third-order valence-corrected chi connectivity index (χ3v) is 6.70. The van der Waals surface area contributed by atoms with Gasteiger partial charge in [-0.25, -0.2) is 4.98 Å². The first-order valence-electron chi connectivity index (χ1n) is 12.3. The summed E-state index contributed by atoms with van der Waals surface area (Å²) in [7, 11) is 4.57. The van der Waals surface area contributed by atoms with Crippen molar-refractivity contribution >= 4 is 28.9 Å². The van der Waals surface area contributed by atoms with Gasteiger partial charge < -0.3 is 23.5 Å². The molecule has 1 aromatic heterocycles. The lowest BCUT2D eigenvalue weighted by Gasteiger charge is -2.38. The van der Waals surface area contributed by atoms with Crippen LogP contribution in [-0.4, -0.2) is 49.4 Å². The van der Waals surface area contributed by atoms with Gasteiger partial charge in [-0.1, -0.05) is 42.5 Å². The highest BCUT2D eigenvalue weighted by Crippen LogP contribution is 2.46. The summed E-state index contributed by atoms with van der Waals surface area (Å²) in [6, 6.07) is 20.0. The number of methoxy groups -OCH3 is 3. The summed E-state index contributed by atoms with van der Waals surface area (Å²) < 4.78 is 24.1. The van der Waals surface area contributed by atoms with Crippen molar-refractivity contribution < 1.29 is 28.5 Å². The van der Waals surface area contributed by atoms with Crippen LogP contribution in [0.4, 0.5) is 5.95 Å². The number of para-hydroxylation sites is 2. The van der Waals surface area contributed by atoms with Gasteiger partial charge in [0.25, 0.3) is 0 Å². The van der Waals surface area contributed by atoms with Crippen LogP contribution in [0.3, 0.4) is 0 Å². The summed E-state index contributed by atoms with van der Waals surface area (Å²) in [5, 5.41) is 0. The van der Waals surface area contributed by atoms with Crippen molar-refractivity contribution in [3.63, 3.8) is 0 Å². The molecule has 1 aliphatic heterocycles. The van der Waals surface area contributed by atoms with E-state index in [1.807, 2.05) is 59.2 Å². The number of carbonyl (C=O) groups is 2. The van der Waals surface area contributed by atoms with Gasteiger partial charge in [-0.2, -0.15) is 0 Å². The van der Waals surface area contributed by atoms with E-state index in [0.717, 1.165) is 11.1 Å². The number of hydrogen-bond acceptors (Lipinski definition) is 7. The number of ether oxygens (including phenoxy) is 4. The summed E-state index contributed by atoms with van der Waals surface area (Å²) in [5.74, 6) is -0.503. The summed E-state index contributed by atoms with van der Waals surface area (Å²) in [5.41, 5.74) is 3.01. The minimum atomic E-state index is -1.17. The number of amides is 1. The molecule has 0 radical (unpaired) electrons. The molecule has 0 unspecified atom stereocenters. The lowest BCUT2D eigenvalue weighted by molar-refractivity contribution is -0.153. The molecule has 0 saturated heterocycles. The van der Waals surface area contributed by atoms with E-state index in [4.69, 9.17) is 23.9 Å². The first-order valence-corrected chi connectivity index (χ1v) is 12.3. The molecular formula is C29H29N3O6. The maximum atomic E-state index is 14.2. The Morgan fingerprint density at radius 1 is 0.921 bits per heavy atom. The molecule has 9 nitrogen and oxygen atoms in total. The molecule has 0 saturated carbocycles. The maximum absolute atomic E-state index is 14.2. The highest BCUT2D eigenvalue weighted by Gasteiger charge is 2.48. The summed E-state index contributed by atoms with van der Waals surface area (Å²) in [6.45, 7) is 2.11. The fraction of sp³-hybridized carbons (Fsp3) is 0.276. The first kappa shape index (κ1) is 25.1. The van der Waals surface area contributed by atoms with Crippen LogP contribution in [0, 0.1) is 5.92 Å². The van der Waals surface area contributed by atoms with Crippen LogP contribution in [0.5, 0.6) is 17.2 Å². The number of anilines is 1. The molecule has 0 N–H and O–H groups in total. The predicted octanol–water partition coefficient (Wildman–Crippen LogP) is 4.38. The van der Waals surface area contributed by atoms with E-state index in [1.54, 1.807) is 24.0 Å². The zero-order valence-electron chi connectivity index (χ0n) is 21.7. The molecule has 3 aromatic carbocycles. The Morgan fingerprint density at radius 3 is 2.21 bits per heavy atom. The highest BCUT2D eigenvalue weighted by molar-refractivity contribution is 6.08. The number of rotatable bonds is 8. The van der Waals surface area contributed by atoms with E-state index in [-0.39, 0.29) is 13.2 Å². The molecule has 0 fully saturated rings. The van der Waals surface area contributed by atoms with Crippen molar-refractivity contribution in [2.24, 2.45) is 5.92 Å². The summed E-state index contributed by atoms with van der Waals surface area (Å²) >= 11 is 0. The van der Waals surface area contributed by atoms with Crippen LogP contribution >= 0.6 is 0 Å². The third kappa shape index (κ3) is 4.19. The van der Waals surface area contributed by atoms with E-state index < -0.39 is 23.8 Å². The zero-order chi connectivity index (χ0) is 26.8. The molecule has 9 heteroatoms. The minimum Gasteiger partial charge on any atom is -0.493 e. The van der Waals surface area contributed by atoms with Gasteiger partial charge in [-0.3, -0.25) is 14.5 Å². The molecule has 0 aliphatic carbocycles. The van der Waals surface area contributed by atoms with E-state index in [2.05, 4.69) is 0 Å². The second-order valence-electron chi connectivity index (χ2n) is 8.81. The van der Waals surface area contributed by atoms with Gasteiger partial charge >= 0.3 is 5.97 Å². The Labute approximate surface area is 220 Å². The molecule has 38 heavy (non-hydrogen) atoms. The quantitative estimate of drug-likeness (QED) is 0.254. The van der Waals surface area contributed by atoms with E-state index in [9.17, 15) is 9.59 Å². The second kappa shape index (κ2) is 10.5. The van der Waals surface area contributed by atoms with Gasteiger partial charge in [0.2, 0.25) is 17.6 Å². The molecule has 2 atom stereocenters. The topological polar surface area (TPSA) is 92.1 Å². The van der Waals surface area contributed by atoms with Crippen LogP contribution in [0.15, 0.2) is 66.7 Å². The fourth-order valence-corrected chi connectivity index (χ4v) is 5.04. The normalized spacial score (nSPS) is 16.7. The molecule has 4 aromatic rings. The van der Waals surface area contributed by atoms with E-state index >= 15 is 0 Å². The zero-order valence-corrected chi connectivity index (χ0v) is 21.7. The SMILES string of the molecule is CCOC(=O)[C@H]1C(=O)N(Cc2ccccc2)c2nc3ccccc3n2[C@@H]1c1cc(OC)c(OC)c(OC)c1. The molecular weight excluding hydrogens is 486 g/mol. The number of fused-ring (bicyclic) bond motifs is 3. The number of nitrogens with zero attached hydrogens (tertiary/aromatic N) is 3. The molecule has 5 rings (SSSR count). The average molecular weight is 516 g/mol. The lowest BCUT2D eigenvalue weighted by atomic mass is 9.88. The molecule has 0 spiro atoms. The Kier molecular flexibility index (Phi) is 6.91. The highest BCUT2D eigenvalue weighted by atomic mass is 16.5. The second-order valence-corrected chi connectivity index (χ2v) is 8.81.